The molecule has 2 aliphatic rings. The number of rotatable bonds is 7. The second-order valence-corrected chi connectivity index (χ2v) is 12.3. The van der Waals surface area contributed by atoms with Crippen LogP contribution in [0.2, 0.25) is 10.0 Å². The molecule has 0 radical (unpaired) electrons. The first-order chi connectivity index (χ1) is 18.3. The second kappa shape index (κ2) is 11.5. The third-order valence-electron chi connectivity index (χ3n) is 7.57. The molecule has 2 aliphatic heterocycles. The Morgan fingerprint density at radius 3 is 2.41 bits per heavy atom. The van der Waals surface area contributed by atoms with E-state index in [9.17, 15) is 14.4 Å². The second-order valence-electron chi connectivity index (χ2n) is 11.4. The monoisotopic (exact) mass is 575 g/mol. The van der Waals surface area contributed by atoms with Crippen molar-refractivity contribution in [3.63, 3.8) is 0 Å². The smallest absolute Gasteiger partial charge is 0.305 e. The molecule has 4 rings (SSSR count). The first-order valence-electron chi connectivity index (χ1n) is 13.1. The number of hydrogen-bond acceptors (Lipinski definition) is 5. The van der Waals surface area contributed by atoms with E-state index in [1.54, 1.807) is 30.3 Å². The molecule has 2 fully saturated rings. The van der Waals surface area contributed by atoms with Crippen LogP contribution >= 0.6 is 23.2 Å². The van der Waals surface area contributed by atoms with Crippen molar-refractivity contribution in [2.75, 3.05) is 13.2 Å². The number of halogens is 2. The van der Waals surface area contributed by atoms with Gasteiger partial charge in [0.05, 0.1) is 30.8 Å². The number of nitrogens with zero attached hydrogens (tertiary/aromatic N) is 1. The average Bonchev–Trinajstić information content (AvgIpc) is 3.13. The van der Waals surface area contributed by atoms with Gasteiger partial charge in [-0.2, -0.15) is 0 Å². The lowest BCUT2D eigenvalue weighted by Crippen LogP contribution is -2.59. The average molecular weight is 577 g/mol. The Labute approximate surface area is 239 Å². The summed E-state index contributed by atoms with van der Waals surface area (Å²) in [6.07, 6.45) is 1.01. The quantitative estimate of drug-likeness (QED) is 0.410. The van der Waals surface area contributed by atoms with Gasteiger partial charge in [0.1, 0.15) is 6.04 Å². The van der Waals surface area contributed by atoms with Gasteiger partial charge in [-0.1, -0.05) is 56.1 Å². The summed E-state index contributed by atoms with van der Waals surface area (Å²) in [6, 6.07) is 11.3. The predicted octanol–water partition coefficient (Wildman–Crippen LogP) is 5.35. The summed E-state index contributed by atoms with van der Waals surface area (Å²) in [5.74, 6) is -1.40. The summed E-state index contributed by atoms with van der Waals surface area (Å²) in [7, 11) is 0. The van der Waals surface area contributed by atoms with E-state index < -0.39 is 17.7 Å². The van der Waals surface area contributed by atoms with Gasteiger partial charge in [0.15, 0.2) is 0 Å². The Morgan fingerprint density at radius 1 is 1.18 bits per heavy atom. The third kappa shape index (κ3) is 6.40. The van der Waals surface area contributed by atoms with Gasteiger partial charge in [0.2, 0.25) is 5.91 Å². The third-order valence-corrected chi connectivity index (χ3v) is 8.00. The molecule has 210 valence electrons. The number of ether oxygens (including phenoxy) is 1. The minimum atomic E-state index is -0.975. The summed E-state index contributed by atoms with van der Waals surface area (Å²) >= 11 is 12.6. The van der Waals surface area contributed by atoms with Gasteiger partial charge in [-0.3, -0.25) is 19.7 Å². The fourth-order valence-corrected chi connectivity index (χ4v) is 6.01. The van der Waals surface area contributed by atoms with E-state index >= 15 is 0 Å². The van der Waals surface area contributed by atoms with E-state index in [4.69, 9.17) is 33.0 Å². The van der Waals surface area contributed by atoms with Gasteiger partial charge < -0.3 is 20.1 Å². The maximum Gasteiger partial charge on any atom is 0.305 e. The highest BCUT2D eigenvalue weighted by molar-refractivity contribution is 6.34. The number of benzene rings is 2. The molecule has 4 atom stereocenters. The number of carbonyl (C=O) groups is 3. The molecule has 0 aliphatic carbocycles. The zero-order valence-corrected chi connectivity index (χ0v) is 24.1. The standard InChI is InChI=1S/C29H35Cl2N3O5/c1-17(18-5-7-19(8-6-18)26(37)32-11-9-24(35)36)34-27(38)25(20-13-21(30)15-22(31)14-20)33-29(34)10-12-39-23(16-29)28(2,3)4/h5-8,13-15,17,23,25,33H,9-12,16H2,1-4H3,(H,32,37)(H,35,36). The normalized spacial score (nSPS) is 24.2. The number of carbonyl (C=O) groups excluding carboxylic acids is 2. The summed E-state index contributed by atoms with van der Waals surface area (Å²) in [4.78, 5) is 39.2. The highest BCUT2D eigenvalue weighted by atomic mass is 35.5. The molecular weight excluding hydrogens is 541 g/mol. The van der Waals surface area contributed by atoms with E-state index in [1.807, 2.05) is 24.0 Å². The molecule has 1 spiro atoms. The summed E-state index contributed by atoms with van der Waals surface area (Å²) in [5, 5.41) is 16.0. The lowest BCUT2D eigenvalue weighted by Gasteiger charge is -2.49. The number of nitrogens with one attached hydrogen (secondary N) is 2. The molecule has 2 aromatic rings. The van der Waals surface area contributed by atoms with Crippen LogP contribution in [0, 0.1) is 5.41 Å². The van der Waals surface area contributed by atoms with Gasteiger partial charge in [-0.25, -0.2) is 0 Å². The number of hydrogen-bond donors (Lipinski definition) is 3. The fraction of sp³-hybridized carbons (Fsp3) is 0.483. The van der Waals surface area contributed by atoms with Crippen molar-refractivity contribution in [2.45, 2.75) is 70.8 Å². The van der Waals surface area contributed by atoms with Crippen LogP contribution in [0.4, 0.5) is 0 Å². The number of carboxylic acids is 1. The maximum absolute atomic E-state index is 14.1. The van der Waals surface area contributed by atoms with Crippen LogP contribution in [0.3, 0.4) is 0 Å². The molecule has 0 bridgehead atoms. The lowest BCUT2D eigenvalue weighted by molar-refractivity contribution is -0.147. The Balaban J connectivity index is 1.65. The topological polar surface area (TPSA) is 108 Å². The molecule has 0 aromatic heterocycles. The summed E-state index contributed by atoms with van der Waals surface area (Å²) in [6.45, 7) is 8.94. The van der Waals surface area contributed by atoms with Gasteiger partial charge in [0, 0.05) is 35.0 Å². The minimum Gasteiger partial charge on any atom is -0.481 e. The first kappa shape index (κ1) is 29.3. The molecular formula is C29H35Cl2N3O5. The molecule has 0 saturated carbocycles. The van der Waals surface area contributed by atoms with E-state index in [-0.39, 0.29) is 42.3 Å². The highest BCUT2D eigenvalue weighted by Crippen LogP contribution is 2.46. The number of aliphatic carboxylic acids is 1. The van der Waals surface area contributed by atoms with Crippen LogP contribution in [0.15, 0.2) is 42.5 Å². The zero-order chi connectivity index (χ0) is 28.5. The van der Waals surface area contributed by atoms with Crippen LogP contribution < -0.4 is 10.6 Å². The molecule has 2 amide bonds. The van der Waals surface area contributed by atoms with E-state index in [0.29, 0.717) is 40.6 Å². The highest BCUT2D eigenvalue weighted by Gasteiger charge is 2.56. The van der Waals surface area contributed by atoms with Gasteiger partial charge in [-0.15, -0.1) is 0 Å². The molecule has 39 heavy (non-hydrogen) atoms. The van der Waals surface area contributed by atoms with Crippen LogP contribution in [-0.4, -0.2) is 52.7 Å². The molecule has 8 nitrogen and oxygen atoms in total. The molecule has 2 heterocycles. The van der Waals surface area contributed by atoms with Gasteiger partial charge >= 0.3 is 5.97 Å². The predicted molar refractivity (Wildman–Crippen MR) is 150 cm³/mol. The lowest BCUT2D eigenvalue weighted by atomic mass is 9.80. The van der Waals surface area contributed by atoms with E-state index in [1.165, 1.54) is 0 Å². The van der Waals surface area contributed by atoms with Crippen molar-refractivity contribution in [3.8, 4) is 0 Å². The van der Waals surface area contributed by atoms with Crippen LogP contribution in [0.25, 0.3) is 0 Å². The van der Waals surface area contributed by atoms with Crippen molar-refractivity contribution in [1.29, 1.82) is 0 Å². The Morgan fingerprint density at radius 2 is 1.82 bits per heavy atom. The fourth-order valence-electron chi connectivity index (χ4n) is 5.47. The number of carboxylic acid groups (broad SMARTS) is 1. The molecule has 2 aromatic carbocycles. The summed E-state index contributed by atoms with van der Waals surface area (Å²) in [5.41, 5.74) is 1.22. The van der Waals surface area contributed by atoms with E-state index in [2.05, 4.69) is 31.4 Å². The Bertz CT molecular complexity index is 1230. The Hall–Kier alpha value is -2.65. The van der Waals surface area contributed by atoms with E-state index in [0.717, 1.165) is 5.56 Å². The molecule has 10 heteroatoms. The largest absolute Gasteiger partial charge is 0.481 e. The van der Waals surface area contributed by atoms with Crippen molar-refractivity contribution in [2.24, 2.45) is 5.41 Å². The van der Waals surface area contributed by atoms with Crippen LogP contribution in [0.5, 0.6) is 0 Å². The molecule has 3 N–H and O–H groups in total. The first-order valence-corrected chi connectivity index (χ1v) is 13.8. The SMILES string of the molecule is CC(c1ccc(C(=O)NCCC(=O)O)cc1)N1C(=O)C(c2cc(Cl)cc(Cl)c2)NC12CCOC(C(C)(C)C)C2. The molecule has 4 unspecified atom stereocenters. The molecule has 2 saturated heterocycles. The zero-order valence-electron chi connectivity index (χ0n) is 22.6. The van der Waals surface area contributed by atoms with Gasteiger partial charge in [0.25, 0.3) is 5.91 Å². The van der Waals surface area contributed by atoms with Crippen molar-refractivity contribution >= 4 is 41.0 Å². The van der Waals surface area contributed by atoms with Crippen LogP contribution in [-0.2, 0) is 14.3 Å². The maximum atomic E-state index is 14.1. The van der Waals surface area contributed by atoms with Crippen molar-refractivity contribution in [1.82, 2.24) is 15.5 Å². The van der Waals surface area contributed by atoms with Crippen molar-refractivity contribution in [3.05, 3.63) is 69.2 Å². The minimum absolute atomic E-state index is 0.0503. The van der Waals surface area contributed by atoms with Crippen molar-refractivity contribution < 1.29 is 24.2 Å². The van der Waals surface area contributed by atoms with Crippen LogP contribution in [0.1, 0.15) is 80.5 Å². The Kier molecular flexibility index (Phi) is 8.61. The number of amides is 2. The van der Waals surface area contributed by atoms with Gasteiger partial charge in [-0.05, 0) is 53.8 Å². The summed E-state index contributed by atoms with van der Waals surface area (Å²) < 4.78 is 6.17.